The maximum absolute atomic E-state index is 12.4. The van der Waals surface area contributed by atoms with Gasteiger partial charge in [0.1, 0.15) is 4.90 Å². The van der Waals surface area contributed by atoms with E-state index in [1.54, 1.807) is 18.2 Å². The van der Waals surface area contributed by atoms with Gasteiger partial charge in [0, 0.05) is 13.1 Å². The van der Waals surface area contributed by atoms with E-state index in [4.69, 9.17) is 0 Å². The van der Waals surface area contributed by atoms with Crippen molar-refractivity contribution >= 4 is 15.7 Å². The fourth-order valence-electron chi connectivity index (χ4n) is 2.73. The highest BCUT2D eigenvalue weighted by Crippen LogP contribution is 2.24. The minimum Gasteiger partial charge on any atom is -0.384 e. The van der Waals surface area contributed by atoms with Gasteiger partial charge >= 0.3 is 0 Å². The van der Waals surface area contributed by atoms with Crippen molar-refractivity contribution in [3.05, 3.63) is 24.3 Å². The molecule has 2 N–H and O–H groups in total. The van der Waals surface area contributed by atoms with E-state index in [9.17, 15) is 8.42 Å². The summed E-state index contributed by atoms with van der Waals surface area (Å²) in [5.74, 6) is 0.491. The Kier molecular flexibility index (Phi) is 5.43. The van der Waals surface area contributed by atoms with Crippen LogP contribution < -0.4 is 10.0 Å². The average molecular weight is 296 g/mol. The number of benzene rings is 1. The van der Waals surface area contributed by atoms with Crippen molar-refractivity contribution in [2.24, 2.45) is 5.92 Å². The Hall–Kier alpha value is -1.07. The molecule has 0 aromatic heterocycles. The molecule has 1 aliphatic rings. The zero-order valence-corrected chi connectivity index (χ0v) is 12.9. The molecule has 0 atom stereocenters. The average Bonchev–Trinajstić information content (AvgIpc) is 2.47. The zero-order chi connectivity index (χ0) is 14.4. The van der Waals surface area contributed by atoms with Crippen LogP contribution in [-0.4, -0.2) is 21.5 Å². The summed E-state index contributed by atoms with van der Waals surface area (Å²) >= 11 is 0. The summed E-state index contributed by atoms with van der Waals surface area (Å²) in [6, 6.07) is 7.06. The third-order valence-corrected chi connectivity index (χ3v) is 5.31. The van der Waals surface area contributed by atoms with Crippen LogP contribution in [0.4, 0.5) is 5.69 Å². The Morgan fingerprint density at radius 3 is 2.55 bits per heavy atom. The van der Waals surface area contributed by atoms with E-state index in [-0.39, 0.29) is 0 Å². The molecule has 0 heterocycles. The van der Waals surface area contributed by atoms with Crippen LogP contribution in [0.25, 0.3) is 0 Å². The largest absolute Gasteiger partial charge is 0.384 e. The first-order valence-corrected chi connectivity index (χ1v) is 8.94. The van der Waals surface area contributed by atoms with E-state index in [1.807, 2.05) is 13.0 Å². The predicted molar refractivity (Wildman–Crippen MR) is 82.4 cm³/mol. The van der Waals surface area contributed by atoms with Gasteiger partial charge in [-0.25, -0.2) is 13.1 Å². The number of hydrogen-bond acceptors (Lipinski definition) is 3. The number of nitrogens with one attached hydrogen (secondary N) is 2. The minimum absolute atomic E-state index is 0.345. The fraction of sp³-hybridized carbons (Fsp3) is 0.600. The molecule has 5 heteroatoms. The van der Waals surface area contributed by atoms with Gasteiger partial charge in [-0.05, 0) is 37.8 Å². The van der Waals surface area contributed by atoms with Crippen molar-refractivity contribution in [2.75, 3.05) is 18.4 Å². The standard InChI is InChI=1S/C15H24N2O2S/c1-2-16-14-10-6-7-11-15(14)20(18,19)17-12-13-8-4-3-5-9-13/h6-7,10-11,13,16-17H,2-5,8-9,12H2,1H3. The first-order valence-electron chi connectivity index (χ1n) is 7.46. The van der Waals surface area contributed by atoms with Gasteiger partial charge in [0.2, 0.25) is 10.0 Å². The Morgan fingerprint density at radius 1 is 1.15 bits per heavy atom. The molecule has 1 fully saturated rings. The summed E-state index contributed by atoms with van der Waals surface area (Å²) in [5.41, 5.74) is 0.672. The molecule has 1 aromatic carbocycles. The van der Waals surface area contributed by atoms with E-state index < -0.39 is 10.0 Å². The maximum atomic E-state index is 12.4. The molecule has 0 saturated heterocycles. The number of para-hydroxylation sites is 1. The van der Waals surface area contributed by atoms with Crippen LogP contribution in [0.15, 0.2) is 29.2 Å². The summed E-state index contributed by atoms with van der Waals surface area (Å²) < 4.78 is 27.6. The Labute approximate surface area is 122 Å². The number of hydrogen-bond donors (Lipinski definition) is 2. The lowest BCUT2D eigenvalue weighted by Crippen LogP contribution is -2.30. The van der Waals surface area contributed by atoms with Crippen molar-refractivity contribution < 1.29 is 8.42 Å². The molecule has 20 heavy (non-hydrogen) atoms. The smallest absolute Gasteiger partial charge is 0.242 e. The highest BCUT2D eigenvalue weighted by Gasteiger charge is 2.20. The second kappa shape index (κ2) is 7.09. The van der Waals surface area contributed by atoms with Crippen LogP contribution in [0.1, 0.15) is 39.0 Å². The third-order valence-electron chi connectivity index (χ3n) is 3.83. The maximum Gasteiger partial charge on any atom is 0.242 e. The molecule has 112 valence electrons. The highest BCUT2D eigenvalue weighted by atomic mass is 32.2. The summed E-state index contributed by atoms with van der Waals surface area (Å²) in [5, 5.41) is 3.10. The lowest BCUT2D eigenvalue weighted by molar-refractivity contribution is 0.357. The van der Waals surface area contributed by atoms with Gasteiger partial charge in [-0.2, -0.15) is 0 Å². The second-order valence-corrected chi connectivity index (χ2v) is 7.12. The molecule has 1 saturated carbocycles. The van der Waals surface area contributed by atoms with Gasteiger partial charge in [-0.1, -0.05) is 31.4 Å². The Morgan fingerprint density at radius 2 is 1.85 bits per heavy atom. The monoisotopic (exact) mass is 296 g/mol. The normalized spacial score (nSPS) is 17.1. The predicted octanol–water partition coefficient (Wildman–Crippen LogP) is 2.98. The van der Waals surface area contributed by atoms with Crippen LogP contribution >= 0.6 is 0 Å². The number of sulfonamides is 1. The van der Waals surface area contributed by atoms with Gasteiger partial charge in [0.05, 0.1) is 5.69 Å². The second-order valence-electron chi connectivity index (χ2n) is 5.38. The van der Waals surface area contributed by atoms with Crippen LogP contribution in [0.3, 0.4) is 0 Å². The van der Waals surface area contributed by atoms with Gasteiger partial charge in [-0.15, -0.1) is 0 Å². The minimum atomic E-state index is -3.43. The number of rotatable bonds is 6. The van der Waals surface area contributed by atoms with E-state index in [2.05, 4.69) is 10.0 Å². The molecular weight excluding hydrogens is 272 g/mol. The highest BCUT2D eigenvalue weighted by molar-refractivity contribution is 7.89. The molecule has 0 unspecified atom stereocenters. The van der Waals surface area contributed by atoms with Crippen molar-refractivity contribution in [3.63, 3.8) is 0 Å². The first kappa shape index (κ1) is 15.3. The summed E-state index contributed by atoms with van der Waals surface area (Å²) in [6.07, 6.45) is 6.00. The van der Waals surface area contributed by atoms with E-state index in [1.165, 1.54) is 19.3 Å². The lowest BCUT2D eigenvalue weighted by atomic mass is 9.90. The van der Waals surface area contributed by atoms with Crippen molar-refractivity contribution in [3.8, 4) is 0 Å². The van der Waals surface area contributed by atoms with Crippen LogP contribution in [-0.2, 0) is 10.0 Å². The van der Waals surface area contributed by atoms with Gasteiger partial charge in [-0.3, -0.25) is 0 Å². The lowest BCUT2D eigenvalue weighted by Gasteiger charge is -2.22. The Balaban J connectivity index is 2.05. The number of anilines is 1. The van der Waals surface area contributed by atoms with Gasteiger partial charge < -0.3 is 5.32 Å². The molecule has 0 radical (unpaired) electrons. The van der Waals surface area contributed by atoms with Gasteiger partial charge in [0.25, 0.3) is 0 Å². The molecular formula is C15H24N2O2S. The van der Waals surface area contributed by atoms with E-state index in [0.717, 1.165) is 12.8 Å². The topological polar surface area (TPSA) is 58.2 Å². The fourth-order valence-corrected chi connectivity index (χ4v) is 4.03. The molecule has 0 bridgehead atoms. The summed E-state index contributed by atoms with van der Waals surface area (Å²) in [6.45, 7) is 3.22. The van der Waals surface area contributed by atoms with Gasteiger partial charge in [0.15, 0.2) is 0 Å². The zero-order valence-electron chi connectivity index (χ0n) is 12.1. The molecule has 2 rings (SSSR count). The van der Waals surface area contributed by atoms with Crippen molar-refractivity contribution in [2.45, 2.75) is 43.9 Å². The quantitative estimate of drug-likeness (QED) is 0.848. The van der Waals surface area contributed by atoms with Crippen molar-refractivity contribution in [1.82, 2.24) is 4.72 Å². The molecule has 0 aliphatic heterocycles. The molecule has 0 spiro atoms. The van der Waals surface area contributed by atoms with Crippen molar-refractivity contribution in [1.29, 1.82) is 0 Å². The first-order chi connectivity index (χ1) is 9.63. The summed E-state index contributed by atoms with van der Waals surface area (Å²) in [4.78, 5) is 0.345. The molecule has 4 nitrogen and oxygen atoms in total. The molecule has 1 aromatic rings. The SMILES string of the molecule is CCNc1ccccc1S(=O)(=O)NCC1CCCCC1. The van der Waals surface area contributed by atoms with Crippen LogP contribution in [0.2, 0.25) is 0 Å². The van der Waals surface area contributed by atoms with Crippen LogP contribution in [0.5, 0.6) is 0 Å². The van der Waals surface area contributed by atoms with Crippen LogP contribution in [0, 0.1) is 5.92 Å². The molecule has 0 amide bonds. The van der Waals surface area contributed by atoms with E-state index >= 15 is 0 Å². The Bertz CT molecular complexity index is 522. The molecule has 1 aliphatic carbocycles. The summed E-state index contributed by atoms with van der Waals surface area (Å²) in [7, 11) is -3.43. The third kappa shape index (κ3) is 3.96. The van der Waals surface area contributed by atoms with E-state index in [0.29, 0.717) is 29.6 Å².